The summed E-state index contributed by atoms with van der Waals surface area (Å²) in [6.07, 6.45) is 1.92. The van der Waals surface area contributed by atoms with Crippen molar-refractivity contribution < 1.29 is 23.4 Å². The smallest absolute Gasteiger partial charge is 0.257 e. The van der Waals surface area contributed by atoms with E-state index in [2.05, 4.69) is 4.90 Å². The lowest BCUT2D eigenvalue weighted by Gasteiger charge is -2.35. The summed E-state index contributed by atoms with van der Waals surface area (Å²) >= 11 is 0. The molecule has 7 heteroatoms. The molecule has 1 aliphatic heterocycles. The number of piperidine rings is 1. The molecule has 0 atom stereocenters. The van der Waals surface area contributed by atoms with E-state index in [0.29, 0.717) is 49.2 Å². The number of methoxy groups -OCH3 is 3. The van der Waals surface area contributed by atoms with Crippen molar-refractivity contribution in [3.63, 3.8) is 0 Å². The number of carbonyl (C=O) groups excluding carboxylic acids is 1. The SMILES string of the molecule is COCCN(CC1CCN(Cc2ccccc2F)CC1)C(=O)c1cccc(OC)c1OC. The fourth-order valence-corrected chi connectivity index (χ4v) is 4.21. The standard InChI is InChI=1S/C25H33FN2O4/c1-30-16-15-28(25(29)21-8-6-10-23(31-2)24(21)32-3)17-19-11-13-27(14-12-19)18-20-7-4-5-9-22(20)26/h4-10,19H,11-18H2,1-3H3. The summed E-state index contributed by atoms with van der Waals surface area (Å²) in [5.74, 6) is 1.11. The van der Waals surface area contributed by atoms with Gasteiger partial charge in [-0.25, -0.2) is 4.39 Å². The van der Waals surface area contributed by atoms with E-state index in [0.717, 1.165) is 31.5 Å². The highest BCUT2D eigenvalue weighted by Gasteiger charge is 2.27. The van der Waals surface area contributed by atoms with Crippen LogP contribution in [-0.4, -0.2) is 69.8 Å². The minimum atomic E-state index is -0.154. The predicted octanol–water partition coefficient (Wildman–Crippen LogP) is 3.84. The molecule has 1 heterocycles. The number of likely N-dealkylation sites (tertiary alicyclic amines) is 1. The Hall–Kier alpha value is -2.64. The molecule has 2 aromatic carbocycles. The molecule has 1 aliphatic rings. The van der Waals surface area contributed by atoms with Crippen molar-refractivity contribution in [2.24, 2.45) is 5.92 Å². The third kappa shape index (κ3) is 5.99. The Morgan fingerprint density at radius 2 is 1.81 bits per heavy atom. The number of carbonyl (C=O) groups is 1. The summed E-state index contributed by atoms with van der Waals surface area (Å²) in [5.41, 5.74) is 1.22. The van der Waals surface area contributed by atoms with Crippen LogP contribution in [0, 0.1) is 11.7 Å². The van der Waals surface area contributed by atoms with E-state index in [1.54, 1.807) is 45.6 Å². The third-order valence-electron chi connectivity index (χ3n) is 6.02. The first-order valence-corrected chi connectivity index (χ1v) is 11.0. The average Bonchev–Trinajstić information content (AvgIpc) is 2.83. The highest BCUT2D eigenvalue weighted by Crippen LogP contribution is 2.32. The molecule has 0 aliphatic carbocycles. The quantitative estimate of drug-likeness (QED) is 0.557. The first-order valence-electron chi connectivity index (χ1n) is 11.0. The Bertz CT molecular complexity index is 884. The molecule has 1 fully saturated rings. The van der Waals surface area contributed by atoms with Crippen LogP contribution in [-0.2, 0) is 11.3 Å². The molecule has 174 valence electrons. The van der Waals surface area contributed by atoms with Crippen LogP contribution in [0.3, 0.4) is 0 Å². The van der Waals surface area contributed by atoms with Gasteiger partial charge in [0.2, 0.25) is 0 Å². The molecular formula is C25H33FN2O4. The van der Waals surface area contributed by atoms with E-state index in [-0.39, 0.29) is 11.7 Å². The molecule has 3 rings (SSSR count). The average molecular weight is 445 g/mol. The molecule has 0 aromatic heterocycles. The molecular weight excluding hydrogens is 411 g/mol. The Morgan fingerprint density at radius 3 is 2.47 bits per heavy atom. The van der Waals surface area contributed by atoms with Gasteiger partial charge < -0.3 is 19.1 Å². The van der Waals surface area contributed by atoms with Crippen molar-refractivity contribution in [1.82, 2.24) is 9.80 Å². The number of amides is 1. The molecule has 0 saturated carbocycles. The van der Waals surface area contributed by atoms with Gasteiger partial charge in [-0.1, -0.05) is 24.3 Å². The summed E-state index contributed by atoms with van der Waals surface area (Å²) in [6.45, 7) is 4.00. The van der Waals surface area contributed by atoms with Crippen LogP contribution in [0.15, 0.2) is 42.5 Å². The summed E-state index contributed by atoms with van der Waals surface area (Å²) in [5, 5.41) is 0. The highest BCUT2D eigenvalue weighted by molar-refractivity contribution is 5.97. The van der Waals surface area contributed by atoms with E-state index in [4.69, 9.17) is 14.2 Å². The molecule has 32 heavy (non-hydrogen) atoms. The number of hydrogen-bond acceptors (Lipinski definition) is 5. The van der Waals surface area contributed by atoms with Gasteiger partial charge in [-0.3, -0.25) is 9.69 Å². The van der Waals surface area contributed by atoms with Gasteiger partial charge in [0.15, 0.2) is 11.5 Å². The normalized spacial score (nSPS) is 14.9. The van der Waals surface area contributed by atoms with Crippen molar-refractivity contribution in [2.45, 2.75) is 19.4 Å². The lowest BCUT2D eigenvalue weighted by atomic mass is 9.95. The zero-order valence-electron chi connectivity index (χ0n) is 19.2. The third-order valence-corrected chi connectivity index (χ3v) is 6.02. The molecule has 0 bridgehead atoms. The number of ether oxygens (including phenoxy) is 3. The van der Waals surface area contributed by atoms with E-state index >= 15 is 0 Å². The second-order valence-corrected chi connectivity index (χ2v) is 8.10. The molecule has 0 radical (unpaired) electrons. The maximum absolute atomic E-state index is 14.0. The Kier molecular flexibility index (Phi) is 8.88. The fraction of sp³-hybridized carbons (Fsp3) is 0.480. The highest BCUT2D eigenvalue weighted by atomic mass is 19.1. The van der Waals surface area contributed by atoms with Gasteiger partial charge >= 0.3 is 0 Å². The molecule has 6 nitrogen and oxygen atoms in total. The summed E-state index contributed by atoms with van der Waals surface area (Å²) in [4.78, 5) is 17.5. The zero-order chi connectivity index (χ0) is 22.9. The molecule has 0 unspecified atom stereocenters. The van der Waals surface area contributed by atoms with Gasteiger partial charge in [-0.05, 0) is 50.0 Å². The van der Waals surface area contributed by atoms with E-state index in [9.17, 15) is 9.18 Å². The number of para-hydroxylation sites is 1. The summed E-state index contributed by atoms with van der Waals surface area (Å²) < 4.78 is 30.1. The Labute approximate surface area is 189 Å². The van der Waals surface area contributed by atoms with Gasteiger partial charge in [0.1, 0.15) is 5.82 Å². The van der Waals surface area contributed by atoms with E-state index < -0.39 is 0 Å². The molecule has 2 aromatic rings. The maximum atomic E-state index is 14.0. The van der Waals surface area contributed by atoms with E-state index in [1.807, 2.05) is 17.0 Å². The number of rotatable bonds is 10. The Morgan fingerprint density at radius 1 is 1.06 bits per heavy atom. The summed E-state index contributed by atoms with van der Waals surface area (Å²) in [7, 11) is 4.74. The maximum Gasteiger partial charge on any atom is 0.257 e. The van der Waals surface area contributed by atoms with Gasteiger partial charge in [-0.2, -0.15) is 0 Å². The van der Waals surface area contributed by atoms with Crippen LogP contribution in [0.5, 0.6) is 11.5 Å². The van der Waals surface area contributed by atoms with E-state index in [1.165, 1.54) is 6.07 Å². The second-order valence-electron chi connectivity index (χ2n) is 8.10. The van der Waals surface area contributed by atoms with Crippen molar-refractivity contribution in [3.8, 4) is 11.5 Å². The van der Waals surface area contributed by atoms with Gasteiger partial charge in [0.25, 0.3) is 5.91 Å². The molecule has 0 N–H and O–H groups in total. The topological polar surface area (TPSA) is 51.2 Å². The monoisotopic (exact) mass is 444 g/mol. The van der Waals surface area contributed by atoms with Gasteiger partial charge in [0.05, 0.1) is 26.4 Å². The number of halogens is 1. The zero-order valence-corrected chi connectivity index (χ0v) is 19.2. The number of hydrogen-bond donors (Lipinski definition) is 0. The van der Waals surface area contributed by atoms with Gasteiger partial charge in [-0.15, -0.1) is 0 Å². The molecule has 1 amide bonds. The lowest BCUT2D eigenvalue weighted by molar-refractivity contribution is 0.0613. The molecule has 1 saturated heterocycles. The largest absolute Gasteiger partial charge is 0.493 e. The first kappa shape index (κ1) is 24.0. The predicted molar refractivity (Wildman–Crippen MR) is 122 cm³/mol. The second kappa shape index (κ2) is 11.8. The van der Waals surface area contributed by atoms with Crippen LogP contribution in [0.2, 0.25) is 0 Å². The van der Waals surface area contributed by atoms with Crippen LogP contribution < -0.4 is 9.47 Å². The van der Waals surface area contributed by atoms with Crippen LogP contribution in [0.1, 0.15) is 28.8 Å². The van der Waals surface area contributed by atoms with Crippen molar-refractivity contribution in [2.75, 3.05) is 54.1 Å². The van der Waals surface area contributed by atoms with Crippen molar-refractivity contribution >= 4 is 5.91 Å². The molecule has 0 spiro atoms. The fourth-order valence-electron chi connectivity index (χ4n) is 4.21. The Balaban J connectivity index is 1.64. The van der Waals surface area contributed by atoms with Crippen molar-refractivity contribution in [3.05, 3.63) is 59.4 Å². The van der Waals surface area contributed by atoms with Crippen LogP contribution in [0.4, 0.5) is 4.39 Å². The van der Waals surface area contributed by atoms with Gasteiger partial charge in [0, 0.05) is 32.3 Å². The van der Waals surface area contributed by atoms with Crippen LogP contribution in [0.25, 0.3) is 0 Å². The lowest BCUT2D eigenvalue weighted by Crippen LogP contribution is -2.42. The number of nitrogens with zero attached hydrogens (tertiary/aromatic N) is 2. The van der Waals surface area contributed by atoms with Crippen LogP contribution >= 0.6 is 0 Å². The van der Waals surface area contributed by atoms with Crippen molar-refractivity contribution in [1.29, 1.82) is 0 Å². The first-order chi connectivity index (χ1) is 15.6. The summed E-state index contributed by atoms with van der Waals surface area (Å²) in [6, 6.07) is 12.3. The minimum absolute atomic E-state index is 0.0911. The minimum Gasteiger partial charge on any atom is -0.493 e. The number of benzene rings is 2.